The lowest BCUT2D eigenvalue weighted by Crippen LogP contribution is -2.51. The second-order valence-electron chi connectivity index (χ2n) is 6.59. The molecule has 2 aromatic carbocycles. The molecule has 0 radical (unpaired) electrons. The highest BCUT2D eigenvalue weighted by molar-refractivity contribution is 6.31. The Bertz CT molecular complexity index is 1060. The summed E-state index contributed by atoms with van der Waals surface area (Å²) in [5.74, 6) is -0.358. The van der Waals surface area contributed by atoms with E-state index in [0.717, 1.165) is 0 Å². The highest BCUT2D eigenvalue weighted by Gasteiger charge is 2.28. The van der Waals surface area contributed by atoms with Crippen LogP contribution in [0.25, 0.3) is 10.9 Å². The Hall–Kier alpha value is -2.97. The summed E-state index contributed by atoms with van der Waals surface area (Å²) in [4.78, 5) is 20.1. The van der Waals surface area contributed by atoms with Crippen LogP contribution in [-0.4, -0.2) is 28.5 Å². The smallest absolute Gasteiger partial charge is 0.237 e. The average Bonchev–Trinajstić information content (AvgIpc) is 2.65. The summed E-state index contributed by atoms with van der Waals surface area (Å²) >= 11 is 5.84. The maximum atomic E-state index is 14.3. The van der Waals surface area contributed by atoms with E-state index in [1.165, 1.54) is 19.5 Å². The number of primary amides is 1. The fourth-order valence-electron chi connectivity index (χ4n) is 2.77. The predicted octanol–water partition coefficient (Wildman–Crippen LogP) is 2.92. The number of aromatic nitrogens is 2. The molecule has 1 heterocycles. The Kier molecular flexibility index (Phi) is 5.35. The number of carbonyl (C=O) groups excluding carboxylic acids is 1. The Labute approximate surface area is 165 Å². The number of rotatable bonds is 6. The highest BCUT2D eigenvalue weighted by atomic mass is 35.5. The lowest BCUT2D eigenvalue weighted by atomic mass is 9.92. The fraction of sp³-hybridized carbons (Fsp3) is 0.211. The van der Waals surface area contributed by atoms with E-state index in [4.69, 9.17) is 27.8 Å². The minimum atomic E-state index is -1.27. The third-order valence-electron chi connectivity index (χ3n) is 4.36. The molecule has 0 saturated carbocycles. The number of nitrogens with two attached hydrogens (primary N) is 2. The van der Waals surface area contributed by atoms with Crippen molar-refractivity contribution in [1.82, 2.24) is 9.97 Å². The average molecular weight is 404 g/mol. The SMILES string of the molecule is COc1cc2ncnc(Nc3cccc(Cl)c3F)c2cc1C[C@](C)(N)C(N)=O. The largest absolute Gasteiger partial charge is 0.496 e. The molecule has 0 spiro atoms. The molecule has 0 saturated heterocycles. The molecule has 1 aromatic heterocycles. The first kappa shape index (κ1) is 19.8. The number of methoxy groups -OCH3 is 1. The van der Waals surface area contributed by atoms with Gasteiger partial charge in [0.15, 0.2) is 5.82 Å². The zero-order chi connectivity index (χ0) is 20.5. The van der Waals surface area contributed by atoms with Crippen LogP contribution < -0.4 is 21.5 Å². The fourth-order valence-corrected chi connectivity index (χ4v) is 2.94. The van der Waals surface area contributed by atoms with E-state index in [0.29, 0.717) is 28.0 Å². The number of hydrogen-bond acceptors (Lipinski definition) is 6. The molecule has 3 rings (SSSR count). The van der Waals surface area contributed by atoms with Crippen molar-refractivity contribution in [1.29, 1.82) is 0 Å². The van der Waals surface area contributed by atoms with Crippen molar-refractivity contribution in [3.05, 3.63) is 53.1 Å². The summed E-state index contributed by atoms with van der Waals surface area (Å²) in [6, 6.07) is 8.06. The van der Waals surface area contributed by atoms with E-state index in [9.17, 15) is 9.18 Å². The summed E-state index contributed by atoms with van der Waals surface area (Å²) in [6.07, 6.45) is 1.49. The number of benzene rings is 2. The first-order chi connectivity index (χ1) is 13.2. The number of carbonyl (C=O) groups is 1. The van der Waals surface area contributed by atoms with Gasteiger partial charge in [0.2, 0.25) is 5.91 Å². The van der Waals surface area contributed by atoms with Crippen molar-refractivity contribution in [3.8, 4) is 5.75 Å². The molecule has 1 atom stereocenters. The third kappa shape index (κ3) is 3.83. The molecule has 0 unspecified atom stereocenters. The van der Waals surface area contributed by atoms with Gasteiger partial charge < -0.3 is 21.5 Å². The molecule has 0 bridgehead atoms. The summed E-state index contributed by atoms with van der Waals surface area (Å²) in [6.45, 7) is 1.54. The van der Waals surface area contributed by atoms with Gasteiger partial charge in [-0.05, 0) is 30.7 Å². The van der Waals surface area contributed by atoms with Gasteiger partial charge >= 0.3 is 0 Å². The number of nitrogens with one attached hydrogen (secondary N) is 1. The van der Waals surface area contributed by atoms with Crippen LogP contribution in [-0.2, 0) is 11.2 Å². The van der Waals surface area contributed by atoms with Gasteiger partial charge in [0.1, 0.15) is 17.9 Å². The normalized spacial score (nSPS) is 13.2. The van der Waals surface area contributed by atoms with Crippen LogP contribution in [0.1, 0.15) is 12.5 Å². The summed E-state index contributed by atoms with van der Waals surface area (Å²) < 4.78 is 19.7. The Morgan fingerprint density at radius 1 is 1.36 bits per heavy atom. The van der Waals surface area contributed by atoms with Crippen LogP contribution >= 0.6 is 11.6 Å². The van der Waals surface area contributed by atoms with Crippen molar-refractivity contribution < 1.29 is 13.9 Å². The molecule has 0 fully saturated rings. The molecule has 28 heavy (non-hydrogen) atoms. The quantitative estimate of drug-likeness (QED) is 0.582. The summed E-state index contributed by atoms with van der Waals surface area (Å²) in [5.41, 5.74) is 11.5. The number of ether oxygens (including phenoxy) is 1. The van der Waals surface area contributed by atoms with Crippen molar-refractivity contribution in [3.63, 3.8) is 0 Å². The Morgan fingerprint density at radius 2 is 2.11 bits per heavy atom. The maximum Gasteiger partial charge on any atom is 0.237 e. The van der Waals surface area contributed by atoms with E-state index in [2.05, 4.69) is 15.3 Å². The number of fused-ring (bicyclic) bond motifs is 1. The lowest BCUT2D eigenvalue weighted by Gasteiger charge is -2.22. The molecule has 3 aromatic rings. The van der Waals surface area contributed by atoms with Crippen LogP contribution in [0.3, 0.4) is 0 Å². The van der Waals surface area contributed by atoms with Crippen molar-refractivity contribution in [2.45, 2.75) is 18.9 Å². The standard InChI is InChI=1S/C19H19ClFN5O2/c1-19(23,18(22)27)8-10-6-11-14(7-15(10)28-2)24-9-25-17(11)26-13-5-3-4-12(20)16(13)21/h3-7,9H,8,23H2,1-2H3,(H2,22,27)(H,24,25,26)/t19-/m0/s1. The number of nitrogens with zero attached hydrogens (tertiary/aromatic N) is 2. The maximum absolute atomic E-state index is 14.3. The molecule has 0 aliphatic rings. The van der Waals surface area contributed by atoms with Crippen LogP contribution in [0, 0.1) is 5.82 Å². The Morgan fingerprint density at radius 3 is 2.79 bits per heavy atom. The van der Waals surface area contributed by atoms with Gasteiger partial charge in [-0.2, -0.15) is 0 Å². The third-order valence-corrected chi connectivity index (χ3v) is 4.65. The molecule has 146 valence electrons. The van der Waals surface area contributed by atoms with Crippen molar-refractivity contribution in [2.24, 2.45) is 11.5 Å². The van der Waals surface area contributed by atoms with Crippen molar-refractivity contribution in [2.75, 3.05) is 12.4 Å². The minimum Gasteiger partial charge on any atom is -0.496 e. The second kappa shape index (κ2) is 7.57. The van der Waals surface area contributed by atoms with Crippen LogP contribution in [0.2, 0.25) is 5.02 Å². The molecule has 5 N–H and O–H groups in total. The van der Waals surface area contributed by atoms with E-state index < -0.39 is 17.3 Å². The summed E-state index contributed by atoms with van der Waals surface area (Å²) in [7, 11) is 1.50. The number of halogens is 2. The van der Waals surface area contributed by atoms with Crippen LogP contribution in [0.15, 0.2) is 36.7 Å². The van der Waals surface area contributed by atoms with Gasteiger partial charge in [-0.25, -0.2) is 14.4 Å². The van der Waals surface area contributed by atoms with E-state index >= 15 is 0 Å². The van der Waals surface area contributed by atoms with Crippen LogP contribution in [0.5, 0.6) is 5.75 Å². The minimum absolute atomic E-state index is 0.00826. The first-order valence-corrected chi connectivity index (χ1v) is 8.72. The second-order valence-corrected chi connectivity index (χ2v) is 7.00. The van der Waals surface area contributed by atoms with E-state index in [1.54, 1.807) is 31.2 Å². The lowest BCUT2D eigenvalue weighted by molar-refractivity contribution is -0.122. The molecule has 0 aliphatic heterocycles. The van der Waals surface area contributed by atoms with Gasteiger partial charge in [-0.15, -0.1) is 0 Å². The van der Waals surface area contributed by atoms with Gasteiger partial charge in [-0.3, -0.25) is 4.79 Å². The zero-order valence-corrected chi connectivity index (χ0v) is 16.0. The monoisotopic (exact) mass is 403 g/mol. The van der Waals surface area contributed by atoms with Gasteiger partial charge in [0.25, 0.3) is 0 Å². The zero-order valence-electron chi connectivity index (χ0n) is 15.3. The summed E-state index contributed by atoms with van der Waals surface area (Å²) in [5, 5.41) is 3.52. The molecular formula is C19H19ClFN5O2. The van der Waals surface area contributed by atoms with Gasteiger partial charge in [0.05, 0.1) is 28.9 Å². The van der Waals surface area contributed by atoms with E-state index in [-0.39, 0.29) is 17.1 Å². The number of anilines is 2. The molecule has 7 nitrogen and oxygen atoms in total. The molecule has 9 heteroatoms. The molecule has 1 amide bonds. The first-order valence-electron chi connectivity index (χ1n) is 8.34. The molecular weight excluding hydrogens is 385 g/mol. The molecule has 0 aliphatic carbocycles. The van der Waals surface area contributed by atoms with Crippen LogP contribution in [0.4, 0.5) is 15.9 Å². The highest BCUT2D eigenvalue weighted by Crippen LogP contribution is 2.32. The Balaban J connectivity index is 2.11. The van der Waals surface area contributed by atoms with E-state index in [1.807, 2.05) is 0 Å². The number of amides is 1. The van der Waals surface area contributed by atoms with Gasteiger partial charge in [0, 0.05) is 17.9 Å². The predicted molar refractivity (Wildman–Crippen MR) is 106 cm³/mol. The topological polar surface area (TPSA) is 116 Å². The number of hydrogen-bond donors (Lipinski definition) is 3. The van der Waals surface area contributed by atoms with Gasteiger partial charge in [-0.1, -0.05) is 17.7 Å². The van der Waals surface area contributed by atoms with Crippen molar-refractivity contribution >= 4 is 39.9 Å².